The van der Waals surface area contributed by atoms with E-state index in [4.69, 9.17) is 0 Å². The lowest BCUT2D eigenvalue weighted by molar-refractivity contribution is -0.385. The first-order chi connectivity index (χ1) is 13.6. The van der Waals surface area contributed by atoms with Crippen LogP contribution in [0.25, 0.3) is 0 Å². The van der Waals surface area contributed by atoms with Gasteiger partial charge in [0.05, 0.1) is 12.0 Å². The summed E-state index contributed by atoms with van der Waals surface area (Å²) in [5, 5.41) is 14.3. The zero-order chi connectivity index (χ0) is 19.9. The Morgan fingerprint density at radius 1 is 1.21 bits per heavy atom. The largest absolute Gasteiger partial charge is 0.465 e. The van der Waals surface area contributed by atoms with E-state index in [9.17, 15) is 14.9 Å². The highest BCUT2D eigenvalue weighted by Crippen LogP contribution is 2.24. The first-order valence-electron chi connectivity index (χ1n) is 9.39. The highest BCUT2D eigenvalue weighted by atomic mass is 16.6. The van der Waals surface area contributed by atoms with Gasteiger partial charge in [-0.1, -0.05) is 12.8 Å². The number of ether oxygens (including phenoxy) is 1. The van der Waals surface area contributed by atoms with Gasteiger partial charge >= 0.3 is 5.97 Å². The molecular formula is C20H24N4O4. The van der Waals surface area contributed by atoms with Crippen LogP contribution in [0.3, 0.4) is 0 Å². The zero-order valence-electron chi connectivity index (χ0n) is 15.9. The quantitative estimate of drug-likeness (QED) is 0.460. The summed E-state index contributed by atoms with van der Waals surface area (Å²) in [6.07, 6.45) is 6.69. The molecule has 1 aliphatic heterocycles. The van der Waals surface area contributed by atoms with E-state index >= 15 is 0 Å². The number of rotatable bonds is 6. The summed E-state index contributed by atoms with van der Waals surface area (Å²) >= 11 is 0. The number of hydrogen-bond acceptors (Lipinski definition) is 7. The number of aromatic nitrogens is 1. The maximum Gasteiger partial charge on any atom is 0.344 e. The van der Waals surface area contributed by atoms with Gasteiger partial charge in [0.2, 0.25) is 0 Å². The van der Waals surface area contributed by atoms with E-state index in [-0.39, 0.29) is 11.3 Å². The van der Waals surface area contributed by atoms with E-state index in [0.717, 1.165) is 24.5 Å². The molecule has 0 spiro atoms. The Bertz CT molecular complexity index is 848. The van der Waals surface area contributed by atoms with Crippen LogP contribution in [0.5, 0.6) is 0 Å². The van der Waals surface area contributed by atoms with Gasteiger partial charge in [-0.25, -0.2) is 9.78 Å². The Balaban J connectivity index is 1.72. The lowest BCUT2D eigenvalue weighted by Crippen LogP contribution is -2.25. The van der Waals surface area contributed by atoms with Crippen molar-refractivity contribution in [3.8, 4) is 0 Å². The summed E-state index contributed by atoms with van der Waals surface area (Å²) in [5.41, 5.74) is 1.31. The standard InChI is InChI=1S/C20H24N4O4/c1-28-20(25)17-13-16(6-7-18(17)24(26)27)22-14-15-8-9-21-19(12-15)23-10-4-2-3-5-11-23/h6-9,12-13,22H,2-5,10-11,14H2,1H3. The van der Waals surface area contributed by atoms with E-state index in [0.29, 0.717) is 12.2 Å². The van der Waals surface area contributed by atoms with Crippen LogP contribution < -0.4 is 10.2 Å². The van der Waals surface area contributed by atoms with Crippen LogP contribution in [0.2, 0.25) is 0 Å². The number of nitrogens with zero attached hydrogens (tertiary/aromatic N) is 3. The number of benzene rings is 1. The van der Waals surface area contributed by atoms with Crippen LogP contribution in [-0.2, 0) is 11.3 Å². The first-order valence-corrected chi connectivity index (χ1v) is 9.39. The zero-order valence-corrected chi connectivity index (χ0v) is 15.9. The molecule has 0 aliphatic carbocycles. The van der Waals surface area contributed by atoms with E-state index in [1.165, 1.54) is 44.9 Å². The van der Waals surface area contributed by atoms with Crippen LogP contribution in [0.4, 0.5) is 17.2 Å². The number of carbonyl (C=O) groups is 1. The fourth-order valence-corrected chi connectivity index (χ4v) is 3.33. The molecule has 0 radical (unpaired) electrons. The van der Waals surface area contributed by atoms with Crippen molar-refractivity contribution in [2.45, 2.75) is 32.2 Å². The minimum absolute atomic E-state index is 0.0718. The van der Waals surface area contributed by atoms with Crippen molar-refractivity contribution in [3.05, 3.63) is 57.8 Å². The number of esters is 1. The van der Waals surface area contributed by atoms with E-state index in [1.54, 1.807) is 12.3 Å². The van der Waals surface area contributed by atoms with Crippen molar-refractivity contribution in [2.75, 3.05) is 30.4 Å². The number of pyridine rings is 1. The second kappa shape index (κ2) is 9.16. The van der Waals surface area contributed by atoms with Gasteiger partial charge in [-0.3, -0.25) is 10.1 Å². The lowest BCUT2D eigenvalue weighted by atomic mass is 10.1. The molecule has 1 aliphatic rings. The Kier molecular flexibility index (Phi) is 6.41. The second-order valence-electron chi connectivity index (χ2n) is 6.76. The van der Waals surface area contributed by atoms with E-state index in [1.807, 2.05) is 6.07 Å². The summed E-state index contributed by atoms with van der Waals surface area (Å²) in [6.45, 7) is 2.56. The number of nitro benzene ring substituents is 1. The molecule has 0 atom stereocenters. The summed E-state index contributed by atoms with van der Waals surface area (Å²) in [4.78, 5) is 29.2. The van der Waals surface area contributed by atoms with Crippen LogP contribution in [-0.4, -0.2) is 36.1 Å². The molecular weight excluding hydrogens is 360 g/mol. The number of nitrogens with one attached hydrogen (secondary N) is 1. The van der Waals surface area contributed by atoms with Gasteiger partial charge in [-0.2, -0.15) is 0 Å². The summed E-state index contributed by atoms with van der Waals surface area (Å²) < 4.78 is 4.65. The van der Waals surface area contributed by atoms with Crippen molar-refractivity contribution >= 4 is 23.2 Å². The summed E-state index contributed by atoms with van der Waals surface area (Å²) in [6, 6.07) is 8.33. The molecule has 0 unspecified atom stereocenters. The number of carbonyl (C=O) groups excluding carboxylic acids is 1. The molecule has 1 aromatic carbocycles. The fourth-order valence-electron chi connectivity index (χ4n) is 3.33. The average Bonchev–Trinajstić information content (AvgIpc) is 3.01. The molecule has 148 valence electrons. The fraction of sp³-hybridized carbons (Fsp3) is 0.400. The van der Waals surface area contributed by atoms with Crippen molar-refractivity contribution in [1.29, 1.82) is 0 Å². The normalized spacial score (nSPS) is 14.2. The molecule has 0 amide bonds. The van der Waals surface area contributed by atoms with Gasteiger partial charge in [-0.05, 0) is 42.7 Å². The number of nitro groups is 1. The maximum absolute atomic E-state index is 11.8. The van der Waals surface area contributed by atoms with Gasteiger partial charge in [0.1, 0.15) is 11.4 Å². The second-order valence-corrected chi connectivity index (χ2v) is 6.76. The third-order valence-corrected chi connectivity index (χ3v) is 4.84. The molecule has 0 bridgehead atoms. The van der Waals surface area contributed by atoms with Crippen LogP contribution in [0.1, 0.15) is 41.6 Å². The lowest BCUT2D eigenvalue weighted by Gasteiger charge is -2.22. The minimum atomic E-state index is -0.734. The van der Waals surface area contributed by atoms with Crippen LogP contribution in [0, 0.1) is 10.1 Å². The van der Waals surface area contributed by atoms with Crippen molar-refractivity contribution in [1.82, 2.24) is 4.98 Å². The van der Waals surface area contributed by atoms with Crippen molar-refractivity contribution in [2.24, 2.45) is 0 Å². The molecule has 0 saturated carbocycles. The predicted octanol–water partition coefficient (Wildman–Crippen LogP) is 3.77. The molecule has 2 heterocycles. The Labute approximate surface area is 163 Å². The molecule has 1 saturated heterocycles. The van der Waals surface area contributed by atoms with Gasteiger partial charge in [0, 0.05) is 37.6 Å². The Morgan fingerprint density at radius 2 is 1.96 bits per heavy atom. The molecule has 28 heavy (non-hydrogen) atoms. The summed E-state index contributed by atoms with van der Waals surface area (Å²) in [7, 11) is 1.20. The average molecular weight is 384 g/mol. The first kappa shape index (κ1) is 19.6. The monoisotopic (exact) mass is 384 g/mol. The van der Waals surface area contributed by atoms with E-state index < -0.39 is 10.9 Å². The Hall–Kier alpha value is -3.16. The molecule has 8 nitrogen and oxygen atoms in total. The summed E-state index contributed by atoms with van der Waals surface area (Å²) in [5.74, 6) is 0.239. The number of anilines is 2. The molecule has 1 fully saturated rings. The number of methoxy groups -OCH3 is 1. The third-order valence-electron chi connectivity index (χ3n) is 4.84. The SMILES string of the molecule is COC(=O)c1cc(NCc2ccnc(N3CCCCCC3)c2)ccc1[N+](=O)[O-]. The molecule has 2 aromatic rings. The van der Waals surface area contributed by atoms with Gasteiger partial charge < -0.3 is 15.0 Å². The molecule has 1 aromatic heterocycles. The van der Waals surface area contributed by atoms with Gasteiger partial charge in [0.25, 0.3) is 5.69 Å². The molecule has 3 rings (SSSR count). The van der Waals surface area contributed by atoms with Gasteiger partial charge in [-0.15, -0.1) is 0 Å². The minimum Gasteiger partial charge on any atom is -0.465 e. The molecule has 8 heteroatoms. The molecule has 1 N–H and O–H groups in total. The van der Waals surface area contributed by atoms with Crippen LogP contribution in [0.15, 0.2) is 36.5 Å². The van der Waals surface area contributed by atoms with Crippen molar-refractivity contribution < 1.29 is 14.5 Å². The topological polar surface area (TPSA) is 97.6 Å². The third kappa shape index (κ3) is 4.76. The number of hydrogen-bond donors (Lipinski definition) is 1. The van der Waals surface area contributed by atoms with E-state index in [2.05, 4.69) is 26.0 Å². The predicted molar refractivity (Wildman–Crippen MR) is 107 cm³/mol. The highest BCUT2D eigenvalue weighted by molar-refractivity contribution is 5.95. The van der Waals surface area contributed by atoms with Crippen LogP contribution >= 0.6 is 0 Å². The maximum atomic E-state index is 11.8. The highest BCUT2D eigenvalue weighted by Gasteiger charge is 2.21. The van der Waals surface area contributed by atoms with Gasteiger partial charge in [0.15, 0.2) is 0 Å². The Morgan fingerprint density at radius 3 is 2.64 bits per heavy atom. The van der Waals surface area contributed by atoms with Crippen molar-refractivity contribution in [3.63, 3.8) is 0 Å². The smallest absolute Gasteiger partial charge is 0.344 e.